The van der Waals surface area contributed by atoms with E-state index in [9.17, 15) is 4.79 Å². The lowest BCUT2D eigenvalue weighted by molar-refractivity contribution is 0.112. The van der Waals surface area contributed by atoms with Crippen molar-refractivity contribution >= 4 is 6.29 Å². The molecule has 0 bridgehead atoms. The van der Waals surface area contributed by atoms with Gasteiger partial charge < -0.3 is 0 Å². The van der Waals surface area contributed by atoms with Gasteiger partial charge in [0.2, 0.25) is 0 Å². The van der Waals surface area contributed by atoms with Crippen molar-refractivity contribution in [2.24, 2.45) is 0 Å². The van der Waals surface area contributed by atoms with Crippen molar-refractivity contribution in [1.82, 2.24) is 0 Å². The molecule has 0 amide bonds. The molecule has 1 heteroatoms. The summed E-state index contributed by atoms with van der Waals surface area (Å²) in [6.45, 7) is 8.69. The topological polar surface area (TPSA) is 17.1 Å². The van der Waals surface area contributed by atoms with Crippen molar-refractivity contribution in [2.75, 3.05) is 0 Å². The van der Waals surface area contributed by atoms with Crippen LogP contribution in [0.3, 0.4) is 0 Å². The van der Waals surface area contributed by atoms with Gasteiger partial charge in [-0.1, -0.05) is 45.9 Å². The first-order valence-corrected chi connectivity index (χ1v) is 6.23. The molecule has 1 rings (SSSR count). The minimum absolute atomic E-state index is 0.462. The van der Waals surface area contributed by atoms with E-state index in [2.05, 4.69) is 45.9 Å². The van der Waals surface area contributed by atoms with Crippen LogP contribution in [0.1, 0.15) is 73.9 Å². The minimum Gasteiger partial charge on any atom is -0.298 e. The quantitative estimate of drug-likeness (QED) is 0.664. The van der Waals surface area contributed by atoms with Crippen molar-refractivity contribution in [2.45, 2.75) is 52.4 Å². The van der Waals surface area contributed by atoms with Crippen LogP contribution in [-0.4, -0.2) is 6.29 Å². The maximum Gasteiger partial charge on any atom is 0.150 e. The molecule has 0 saturated carbocycles. The van der Waals surface area contributed by atoms with Crippen LogP contribution in [-0.2, 0) is 0 Å². The largest absolute Gasteiger partial charge is 0.298 e. The SMILES string of the molecule is CCC(C)c1cccc(C(C)CC)c1C=O. The van der Waals surface area contributed by atoms with Crippen LogP contribution in [0, 0.1) is 0 Å². The molecular weight excluding hydrogens is 196 g/mol. The van der Waals surface area contributed by atoms with Crippen LogP contribution < -0.4 is 0 Å². The Kier molecular flexibility index (Phi) is 4.72. The summed E-state index contributed by atoms with van der Waals surface area (Å²) < 4.78 is 0. The van der Waals surface area contributed by atoms with Gasteiger partial charge in [-0.25, -0.2) is 0 Å². The molecule has 0 spiro atoms. The third kappa shape index (κ3) is 2.52. The van der Waals surface area contributed by atoms with E-state index in [4.69, 9.17) is 0 Å². The number of rotatable bonds is 5. The zero-order chi connectivity index (χ0) is 12.1. The third-order valence-electron chi connectivity index (χ3n) is 3.58. The van der Waals surface area contributed by atoms with Gasteiger partial charge in [-0.05, 0) is 35.8 Å². The van der Waals surface area contributed by atoms with Gasteiger partial charge in [0.25, 0.3) is 0 Å². The van der Waals surface area contributed by atoms with E-state index in [-0.39, 0.29) is 0 Å². The highest BCUT2D eigenvalue weighted by atomic mass is 16.1. The molecule has 0 heterocycles. The lowest BCUT2D eigenvalue weighted by Gasteiger charge is -2.18. The Morgan fingerprint density at radius 1 is 1.06 bits per heavy atom. The minimum atomic E-state index is 0.462. The summed E-state index contributed by atoms with van der Waals surface area (Å²) in [6.07, 6.45) is 3.18. The molecule has 0 N–H and O–H groups in total. The van der Waals surface area contributed by atoms with Gasteiger partial charge in [0.05, 0.1) is 0 Å². The van der Waals surface area contributed by atoms with Crippen molar-refractivity contribution < 1.29 is 4.79 Å². The first kappa shape index (κ1) is 13.0. The van der Waals surface area contributed by atoms with Gasteiger partial charge in [0.15, 0.2) is 6.29 Å². The molecule has 2 unspecified atom stereocenters. The predicted molar refractivity (Wildman–Crippen MR) is 69.2 cm³/mol. The highest BCUT2D eigenvalue weighted by molar-refractivity contribution is 5.80. The van der Waals surface area contributed by atoms with E-state index < -0.39 is 0 Å². The number of hydrogen-bond donors (Lipinski definition) is 0. The fourth-order valence-corrected chi connectivity index (χ4v) is 2.04. The molecule has 0 radical (unpaired) electrons. The Morgan fingerprint density at radius 3 is 1.81 bits per heavy atom. The van der Waals surface area contributed by atoms with Gasteiger partial charge in [0.1, 0.15) is 0 Å². The molecule has 0 aliphatic rings. The lowest BCUT2D eigenvalue weighted by atomic mass is 9.86. The highest BCUT2D eigenvalue weighted by Crippen LogP contribution is 2.29. The van der Waals surface area contributed by atoms with Crippen LogP contribution in [0.4, 0.5) is 0 Å². The Morgan fingerprint density at radius 2 is 1.50 bits per heavy atom. The van der Waals surface area contributed by atoms with E-state index >= 15 is 0 Å². The first-order chi connectivity index (χ1) is 7.65. The second kappa shape index (κ2) is 5.83. The second-order valence-electron chi connectivity index (χ2n) is 4.59. The lowest BCUT2D eigenvalue weighted by Crippen LogP contribution is -2.04. The molecule has 1 aromatic carbocycles. The summed E-state index contributed by atoms with van der Waals surface area (Å²) in [5.41, 5.74) is 3.33. The molecule has 2 atom stereocenters. The van der Waals surface area contributed by atoms with Gasteiger partial charge in [-0.2, -0.15) is 0 Å². The number of benzene rings is 1. The Hall–Kier alpha value is -1.11. The van der Waals surface area contributed by atoms with Gasteiger partial charge >= 0.3 is 0 Å². The number of aldehydes is 1. The normalized spacial score (nSPS) is 14.5. The van der Waals surface area contributed by atoms with Gasteiger partial charge in [-0.15, -0.1) is 0 Å². The molecule has 0 fully saturated rings. The summed E-state index contributed by atoms with van der Waals surface area (Å²) >= 11 is 0. The summed E-state index contributed by atoms with van der Waals surface area (Å²) in [5.74, 6) is 0.924. The van der Waals surface area contributed by atoms with Crippen LogP contribution in [0.5, 0.6) is 0 Å². The molecule has 0 saturated heterocycles. The molecule has 88 valence electrons. The summed E-state index contributed by atoms with van der Waals surface area (Å²) in [7, 11) is 0. The van der Waals surface area contributed by atoms with E-state index in [0.29, 0.717) is 11.8 Å². The van der Waals surface area contributed by atoms with Crippen molar-refractivity contribution in [3.05, 3.63) is 34.9 Å². The van der Waals surface area contributed by atoms with Crippen molar-refractivity contribution in [3.63, 3.8) is 0 Å². The van der Waals surface area contributed by atoms with Crippen molar-refractivity contribution in [1.29, 1.82) is 0 Å². The smallest absolute Gasteiger partial charge is 0.150 e. The predicted octanol–water partition coefficient (Wildman–Crippen LogP) is 4.53. The monoisotopic (exact) mass is 218 g/mol. The summed E-state index contributed by atoms with van der Waals surface area (Å²) in [6, 6.07) is 6.25. The zero-order valence-electron chi connectivity index (χ0n) is 10.8. The number of carbonyl (C=O) groups is 1. The maximum absolute atomic E-state index is 11.3. The maximum atomic E-state index is 11.3. The van der Waals surface area contributed by atoms with E-state index in [1.165, 1.54) is 11.1 Å². The number of hydrogen-bond acceptors (Lipinski definition) is 1. The van der Waals surface area contributed by atoms with E-state index in [1.54, 1.807) is 0 Å². The Bertz CT molecular complexity index is 326. The fourth-order valence-electron chi connectivity index (χ4n) is 2.04. The van der Waals surface area contributed by atoms with Gasteiger partial charge in [-0.3, -0.25) is 4.79 Å². The molecule has 0 aliphatic heterocycles. The van der Waals surface area contributed by atoms with Gasteiger partial charge in [0, 0.05) is 5.56 Å². The molecule has 1 aromatic rings. The zero-order valence-corrected chi connectivity index (χ0v) is 10.8. The first-order valence-electron chi connectivity index (χ1n) is 6.23. The van der Waals surface area contributed by atoms with Crippen LogP contribution in [0.15, 0.2) is 18.2 Å². The Balaban J connectivity index is 3.25. The van der Waals surface area contributed by atoms with Crippen LogP contribution >= 0.6 is 0 Å². The summed E-state index contributed by atoms with van der Waals surface area (Å²) in [4.78, 5) is 11.3. The molecule has 0 aliphatic carbocycles. The average molecular weight is 218 g/mol. The third-order valence-corrected chi connectivity index (χ3v) is 3.58. The van der Waals surface area contributed by atoms with Crippen LogP contribution in [0.2, 0.25) is 0 Å². The van der Waals surface area contributed by atoms with Crippen LogP contribution in [0.25, 0.3) is 0 Å². The second-order valence-corrected chi connectivity index (χ2v) is 4.59. The molecular formula is C15H22O. The highest BCUT2D eigenvalue weighted by Gasteiger charge is 2.15. The molecule has 1 nitrogen and oxygen atoms in total. The fraction of sp³-hybridized carbons (Fsp3) is 0.533. The Labute approximate surface area is 98.9 Å². The number of carbonyl (C=O) groups excluding carboxylic acids is 1. The van der Waals surface area contributed by atoms with Crippen molar-refractivity contribution in [3.8, 4) is 0 Å². The van der Waals surface area contributed by atoms with E-state index in [0.717, 1.165) is 24.7 Å². The van der Waals surface area contributed by atoms with E-state index in [1.807, 2.05) is 0 Å². The standard InChI is InChI=1S/C15H22O/c1-5-11(3)13-8-7-9-14(12(4)6-2)15(13)10-16/h7-12H,5-6H2,1-4H3. The molecule has 0 aromatic heterocycles. The molecule has 16 heavy (non-hydrogen) atoms. The summed E-state index contributed by atoms with van der Waals surface area (Å²) in [5, 5.41) is 0. The average Bonchev–Trinajstić information content (AvgIpc) is 2.35.